The number of hydrogen-bond donors (Lipinski definition) is 1. The smallest absolute Gasteiger partial charge is 0.162 e. The van der Waals surface area contributed by atoms with Crippen molar-refractivity contribution in [2.24, 2.45) is 0 Å². The highest BCUT2D eigenvalue weighted by atomic mass is 32.2. The number of piperidine rings is 1. The van der Waals surface area contributed by atoms with Crippen LogP contribution in [0, 0.1) is 0 Å². The largest absolute Gasteiger partial charge is 0.485 e. The fourth-order valence-electron chi connectivity index (χ4n) is 3.66. The molecule has 0 amide bonds. The Balaban J connectivity index is 1.33. The molecule has 0 bridgehead atoms. The van der Waals surface area contributed by atoms with Gasteiger partial charge >= 0.3 is 0 Å². The Morgan fingerprint density at radius 1 is 1.04 bits per heavy atom. The van der Waals surface area contributed by atoms with E-state index in [-0.39, 0.29) is 6.10 Å². The lowest BCUT2D eigenvalue weighted by Crippen LogP contribution is -2.39. The van der Waals surface area contributed by atoms with Crippen LogP contribution < -0.4 is 14.2 Å². The molecule has 26 heavy (non-hydrogen) atoms. The minimum atomic E-state index is -0.0349. The summed E-state index contributed by atoms with van der Waals surface area (Å²) >= 11 is 1.73. The molecule has 5 heteroatoms. The first-order valence-electron chi connectivity index (χ1n) is 9.30. The number of rotatable bonds is 5. The lowest BCUT2D eigenvalue weighted by molar-refractivity contribution is 0.0912. The van der Waals surface area contributed by atoms with E-state index in [4.69, 9.17) is 9.47 Å². The second-order valence-corrected chi connectivity index (χ2v) is 7.62. The molecule has 0 spiro atoms. The summed E-state index contributed by atoms with van der Waals surface area (Å²) in [7, 11) is 0. The maximum absolute atomic E-state index is 6.10. The zero-order chi connectivity index (χ0) is 17.8. The van der Waals surface area contributed by atoms with Crippen LogP contribution in [0.2, 0.25) is 0 Å². The second kappa shape index (κ2) is 8.33. The standard InChI is InChI=1S/C21H26N2O2S/c1-26-22-18-10-12-23(13-11-18)14-16-6-8-17(9-7-16)21-15-24-19-4-2-3-5-20(19)25-21/h2-9,18,21-22H,10-15H2,1H3. The van der Waals surface area contributed by atoms with Crippen molar-refractivity contribution in [3.05, 3.63) is 59.7 Å². The first-order chi connectivity index (χ1) is 12.8. The molecular formula is C21H26N2O2S. The third-order valence-corrected chi connectivity index (χ3v) is 5.71. The Morgan fingerprint density at radius 2 is 1.77 bits per heavy atom. The number of nitrogens with zero attached hydrogens (tertiary/aromatic N) is 1. The zero-order valence-electron chi connectivity index (χ0n) is 15.2. The molecule has 1 atom stereocenters. The predicted octanol–water partition coefficient (Wildman–Crippen LogP) is 4.03. The van der Waals surface area contributed by atoms with Crippen LogP contribution in [-0.2, 0) is 6.54 Å². The highest BCUT2D eigenvalue weighted by Crippen LogP contribution is 2.35. The van der Waals surface area contributed by atoms with E-state index in [1.165, 1.54) is 24.0 Å². The highest BCUT2D eigenvalue weighted by Gasteiger charge is 2.22. The molecule has 1 saturated heterocycles. The molecule has 138 valence electrons. The van der Waals surface area contributed by atoms with Gasteiger partial charge in [-0.3, -0.25) is 9.62 Å². The number of nitrogens with one attached hydrogen (secondary N) is 1. The molecule has 1 unspecified atom stereocenters. The lowest BCUT2D eigenvalue weighted by atomic mass is 10.0. The summed E-state index contributed by atoms with van der Waals surface area (Å²) in [4.78, 5) is 2.55. The third-order valence-electron chi connectivity index (χ3n) is 5.14. The van der Waals surface area contributed by atoms with Gasteiger partial charge in [-0.1, -0.05) is 48.3 Å². The summed E-state index contributed by atoms with van der Waals surface area (Å²) in [5.74, 6) is 1.66. The van der Waals surface area contributed by atoms with Crippen molar-refractivity contribution in [2.45, 2.75) is 31.5 Å². The van der Waals surface area contributed by atoms with Crippen molar-refractivity contribution in [2.75, 3.05) is 26.0 Å². The van der Waals surface area contributed by atoms with Crippen LogP contribution in [0.4, 0.5) is 0 Å². The van der Waals surface area contributed by atoms with Crippen LogP contribution in [-0.4, -0.2) is 36.9 Å². The SMILES string of the molecule is CSNC1CCN(Cc2ccc(C3COc4ccccc4O3)cc2)CC1. The van der Waals surface area contributed by atoms with Crippen molar-refractivity contribution >= 4 is 11.9 Å². The number of ether oxygens (including phenoxy) is 2. The molecule has 0 aliphatic carbocycles. The monoisotopic (exact) mass is 370 g/mol. The van der Waals surface area contributed by atoms with E-state index < -0.39 is 0 Å². The van der Waals surface area contributed by atoms with Gasteiger partial charge in [-0.05, 0) is 55.4 Å². The molecule has 2 heterocycles. The van der Waals surface area contributed by atoms with Crippen molar-refractivity contribution < 1.29 is 9.47 Å². The predicted molar refractivity (Wildman–Crippen MR) is 107 cm³/mol. The number of benzene rings is 2. The second-order valence-electron chi connectivity index (χ2n) is 6.98. The molecule has 1 N–H and O–H groups in total. The van der Waals surface area contributed by atoms with Crippen LogP contribution in [0.5, 0.6) is 11.5 Å². The quantitative estimate of drug-likeness (QED) is 0.804. The Labute approximate surface area is 160 Å². The molecule has 2 aromatic carbocycles. The topological polar surface area (TPSA) is 33.7 Å². The molecule has 2 aromatic rings. The van der Waals surface area contributed by atoms with E-state index in [1.54, 1.807) is 11.9 Å². The minimum absolute atomic E-state index is 0.0349. The summed E-state index contributed by atoms with van der Waals surface area (Å²) in [6, 6.07) is 17.3. The van der Waals surface area contributed by atoms with Gasteiger partial charge in [-0.2, -0.15) is 0 Å². The zero-order valence-corrected chi connectivity index (χ0v) is 16.0. The fraction of sp³-hybridized carbons (Fsp3) is 0.429. The molecule has 0 aromatic heterocycles. The van der Waals surface area contributed by atoms with Gasteiger partial charge in [-0.15, -0.1) is 0 Å². The summed E-state index contributed by atoms with van der Waals surface area (Å²) in [6.45, 7) is 3.91. The van der Waals surface area contributed by atoms with E-state index in [0.29, 0.717) is 12.6 Å². The molecular weight excluding hydrogens is 344 g/mol. The van der Waals surface area contributed by atoms with Crippen LogP contribution >= 0.6 is 11.9 Å². The van der Waals surface area contributed by atoms with E-state index >= 15 is 0 Å². The van der Waals surface area contributed by atoms with Crippen molar-refractivity contribution in [3.63, 3.8) is 0 Å². The van der Waals surface area contributed by atoms with Gasteiger partial charge in [0.2, 0.25) is 0 Å². The average Bonchev–Trinajstić information content (AvgIpc) is 2.70. The van der Waals surface area contributed by atoms with E-state index in [1.807, 2.05) is 24.3 Å². The maximum Gasteiger partial charge on any atom is 0.162 e. The molecule has 2 aliphatic rings. The maximum atomic E-state index is 6.10. The van der Waals surface area contributed by atoms with Crippen molar-refractivity contribution in [1.82, 2.24) is 9.62 Å². The Hall–Kier alpha value is -1.69. The fourth-order valence-corrected chi connectivity index (χ4v) is 4.22. The first-order valence-corrected chi connectivity index (χ1v) is 10.5. The molecule has 0 saturated carbocycles. The molecule has 1 fully saturated rings. The normalized spacial score (nSPS) is 20.9. The van der Waals surface area contributed by atoms with Crippen molar-refractivity contribution in [1.29, 1.82) is 0 Å². The molecule has 2 aliphatic heterocycles. The molecule has 0 radical (unpaired) electrons. The van der Waals surface area contributed by atoms with Crippen molar-refractivity contribution in [3.8, 4) is 11.5 Å². The van der Waals surface area contributed by atoms with E-state index in [0.717, 1.165) is 31.1 Å². The van der Waals surface area contributed by atoms with Gasteiger partial charge in [-0.25, -0.2) is 0 Å². The van der Waals surface area contributed by atoms with Gasteiger partial charge in [0.25, 0.3) is 0 Å². The summed E-state index contributed by atoms with van der Waals surface area (Å²) in [5, 5.41) is 0. The molecule has 4 nitrogen and oxygen atoms in total. The number of para-hydroxylation sites is 2. The Bertz CT molecular complexity index is 714. The average molecular weight is 371 g/mol. The first kappa shape index (κ1) is 17.7. The lowest BCUT2D eigenvalue weighted by Gasteiger charge is -2.32. The van der Waals surface area contributed by atoms with Gasteiger partial charge in [0.05, 0.1) is 0 Å². The van der Waals surface area contributed by atoms with Gasteiger partial charge < -0.3 is 9.47 Å². The summed E-state index contributed by atoms with van der Waals surface area (Å²) in [5.41, 5.74) is 2.54. The van der Waals surface area contributed by atoms with Gasteiger partial charge in [0, 0.05) is 12.6 Å². The van der Waals surface area contributed by atoms with E-state index in [9.17, 15) is 0 Å². The van der Waals surface area contributed by atoms with E-state index in [2.05, 4.69) is 40.1 Å². The Morgan fingerprint density at radius 3 is 2.50 bits per heavy atom. The summed E-state index contributed by atoms with van der Waals surface area (Å²) < 4.78 is 15.4. The Kier molecular flexibility index (Phi) is 5.68. The number of hydrogen-bond acceptors (Lipinski definition) is 5. The third kappa shape index (κ3) is 4.17. The minimum Gasteiger partial charge on any atom is -0.485 e. The molecule has 4 rings (SSSR count). The van der Waals surface area contributed by atoms with Gasteiger partial charge in [0.1, 0.15) is 6.61 Å². The van der Waals surface area contributed by atoms with Crippen LogP contribution in [0.25, 0.3) is 0 Å². The highest BCUT2D eigenvalue weighted by molar-refractivity contribution is 7.96. The van der Waals surface area contributed by atoms with Gasteiger partial charge in [0.15, 0.2) is 17.6 Å². The number of fused-ring (bicyclic) bond motifs is 1. The van der Waals surface area contributed by atoms with Crippen LogP contribution in [0.3, 0.4) is 0 Å². The van der Waals surface area contributed by atoms with Crippen LogP contribution in [0.1, 0.15) is 30.1 Å². The number of likely N-dealkylation sites (tertiary alicyclic amines) is 1. The summed E-state index contributed by atoms with van der Waals surface area (Å²) in [6.07, 6.45) is 4.53. The van der Waals surface area contributed by atoms with Crippen LogP contribution in [0.15, 0.2) is 48.5 Å².